The smallest absolute Gasteiger partial charge is 0.280 e. The van der Waals surface area contributed by atoms with Crippen molar-refractivity contribution in [3.05, 3.63) is 76.1 Å². The lowest BCUT2D eigenvalue weighted by molar-refractivity contribution is 0.0999. The summed E-state index contributed by atoms with van der Waals surface area (Å²) in [6.07, 6.45) is 0. The first kappa shape index (κ1) is 15.1. The van der Waals surface area contributed by atoms with Gasteiger partial charge in [0.2, 0.25) is 0 Å². The Labute approximate surface area is 147 Å². The van der Waals surface area contributed by atoms with Gasteiger partial charge in [0.15, 0.2) is 4.80 Å². The number of hydrogen-bond acceptors (Lipinski definition) is 2. The monoisotopic (exact) mass is 352 g/mol. The molecule has 0 spiro atoms. The summed E-state index contributed by atoms with van der Waals surface area (Å²) in [5.74, 6) is -0.236. The maximum absolute atomic E-state index is 12.7. The fourth-order valence-corrected chi connectivity index (χ4v) is 4.07. The van der Waals surface area contributed by atoms with Gasteiger partial charge in [0.25, 0.3) is 5.91 Å². The number of hydrogen-bond donors (Lipinski definition) is 0. The number of carbonyl (C=O) groups is 1. The Morgan fingerprint density at radius 1 is 1.08 bits per heavy atom. The van der Waals surface area contributed by atoms with E-state index in [1.807, 2.05) is 72.3 Å². The highest BCUT2D eigenvalue weighted by Gasteiger charge is 2.10. The standard InChI is InChI=1S/C19H13ClN2OS/c1-22-16-10-9-13(20)11-17(16)24-19(22)21-18(23)15-8-4-6-12-5-2-3-7-14(12)15/h2-11H,1H3. The van der Waals surface area contributed by atoms with Crippen LogP contribution < -0.4 is 4.80 Å². The maximum atomic E-state index is 12.7. The van der Waals surface area contributed by atoms with Gasteiger partial charge >= 0.3 is 0 Å². The molecule has 4 aromatic rings. The van der Waals surface area contributed by atoms with Crippen LogP contribution in [0.3, 0.4) is 0 Å². The topological polar surface area (TPSA) is 34.4 Å². The minimum atomic E-state index is -0.236. The fourth-order valence-electron chi connectivity index (χ4n) is 2.77. The molecule has 3 nitrogen and oxygen atoms in total. The normalized spacial score (nSPS) is 12.2. The van der Waals surface area contributed by atoms with E-state index in [1.54, 1.807) is 0 Å². The third-order valence-corrected chi connectivity index (χ3v) is 5.32. The number of nitrogens with zero attached hydrogens (tertiary/aromatic N) is 2. The third-order valence-electron chi connectivity index (χ3n) is 3.99. The number of rotatable bonds is 1. The van der Waals surface area contributed by atoms with Gasteiger partial charge in [-0.25, -0.2) is 0 Å². The molecule has 24 heavy (non-hydrogen) atoms. The van der Waals surface area contributed by atoms with Crippen molar-refractivity contribution in [3.8, 4) is 0 Å². The van der Waals surface area contributed by atoms with E-state index in [2.05, 4.69) is 4.99 Å². The molecule has 0 atom stereocenters. The van der Waals surface area contributed by atoms with Crippen LogP contribution in [0.4, 0.5) is 0 Å². The van der Waals surface area contributed by atoms with Gasteiger partial charge in [0.05, 0.1) is 10.2 Å². The number of thiazole rings is 1. The van der Waals surface area contributed by atoms with Crippen LogP contribution in [0, 0.1) is 0 Å². The summed E-state index contributed by atoms with van der Waals surface area (Å²) in [5.41, 5.74) is 1.62. The van der Waals surface area contributed by atoms with Gasteiger partial charge < -0.3 is 4.57 Å². The molecule has 0 radical (unpaired) electrons. The summed E-state index contributed by atoms with van der Waals surface area (Å²) < 4.78 is 2.92. The van der Waals surface area contributed by atoms with Crippen LogP contribution in [0.2, 0.25) is 5.02 Å². The average molecular weight is 353 g/mol. The average Bonchev–Trinajstić information content (AvgIpc) is 2.89. The van der Waals surface area contributed by atoms with E-state index in [-0.39, 0.29) is 5.91 Å². The summed E-state index contributed by atoms with van der Waals surface area (Å²) in [5, 5.41) is 2.63. The molecule has 118 valence electrons. The number of halogens is 1. The van der Waals surface area contributed by atoms with Crippen molar-refractivity contribution in [3.63, 3.8) is 0 Å². The van der Waals surface area contributed by atoms with Crippen LogP contribution >= 0.6 is 22.9 Å². The fraction of sp³-hybridized carbons (Fsp3) is 0.0526. The van der Waals surface area contributed by atoms with Gasteiger partial charge in [-0.1, -0.05) is 59.3 Å². The Morgan fingerprint density at radius 3 is 2.75 bits per heavy atom. The number of benzene rings is 3. The van der Waals surface area contributed by atoms with E-state index >= 15 is 0 Å². The first-order valence-electron chi connectivity index (χ1n) is 7.45. The molecule has 0 aliphatic rings. The summed E-state index contributed by atoms with van der Waals surface area (Å²) >= 11 is 7.50. The molecule has 4 rings (SSSR count). The second-order valence-electron chi connectivity index (χ2n) is 5.50. The summed E-state index contributed by atoms with van der Waals surface area (Å²) in [6.45, 7) is 0. The molecule has 0 aliphatic carbocycles. The van der Waals surface area contributed by atoms with Gasteiger partial charge in [-0.2, -0.15) is 4.99 Å². The van der Waals surface area contributed by atoms with E-state index in [0.717, 1.165) is 21.0 Å². The zero-order valence-corrected chi connectivity index (χ0v) is 14.4. The molecule has 0 saturated heterocycles. The Bertz CT molecular complexity index is 1150. The van der Waals surface area contributed by atoms with Gasteiger partial charge in [-0.05, 0) is 35.0 Å². The Morgan fingerprint density at radius 2 is 1.88 bits per heavy atom. The predicted octanol–water partition coefficient (Wildman–Crippen LogP) is 4.79. The van der Waals surface area contributed by atoms with Crippen molar-refractivity contribution in [1.82, 2.24) is 4.57 Å². The minimum Gasteiger partial charge on any atom is -0.319 e. The van der Waals surface area contributed by atoms with Crippen molar-refractivity contribution in [2.75, 3.05) is 0 Å². The predicted molar refractivity (Wildman–Crippen MR) is 99.6 cm³/mol. The lowest BCUT2D eigenvalue weighted by Crippen LogP contribution is -2.13. The first-order chi connectivity index (χ1) is 11.6. The molecule has 0 unspecified atom stereocenters. The molecular formula is C19H13ClN2OS. The summed E-state index contributed by atoms with van der Waals surface area (Å²) in [7, 11) is 1.90. The molecule has 1 aromatic heterocycles. The van der Waals surface area contributed by atoms with Crippen molar-refractivity contribution in [2.45, 2.75) is 0 Å². The summed E-state index contributed by atoms with van der Waals surface area (Å²) in [6, 6.07) is 19.2. The highest BCUT2D eigenvalue weighted by atomic mass is 35.5. The second kappa shape index (κ2) is 5.89. The molecular weight excluding hydrogens is 340 g/mol. The van der Waals surface area contributed by atoms with Crippen LogP contribution in [-0.2, 0) is 7.05 Å². The molecule has 3 aromatic carbocycles. The molecule has 0 saturated carbocycles. The third kappa shape index (κ3) is 2.54. The van der Waals surface area contributed by atoms with Crippen molar-refractivity contribution in [2.24, 2.45) is 12.0 Å². The van der Waals surface area contributed by atoms with Crippen LogP contribution in [-0.4, -0.2) is 10.5 Å². The van der Waals surface area contributed by atoms with Crippen molar-refractivity contribution in [1.29, 1.82) is 0 Å². The summed E-state index contributed by atoms with van der Waals surface area (Å²) in [4.78, 5) is 17.7. The van der Waals surface area contributed by atoms with Crippen molar-refractivity contribution < 1.29 is 4.79 Å². The number of carbonyl (C=O) groups excluding carboxylic acids is 1. The minimum absolute atomic E-state index is 0.236. The van der Waals surface area contributed by atoms with Crippen LogP contribution in [0.15, 0.2) is 65.7 Å². The van der Waals surface area contributed by atoms with E-state index in [0.29, 0.717) is 15.4 Å². The molecule has 5 heteroatoms. The molecule has 0 fully saturated rings. The number of aryl methyl sites for hydroxylation is 1. The van der Waals surface area contributed by atoms with Gasteiger partial charge in [0, 0.05) is 17.6 Å². The lowest BCUT2D eigenvalue weighted by Gasteiger charge is -2.02. The maximum Gasteiger partial charge on any atom is 0.280 e. The van der Waals surface area contributed by atoms with Gasteiger partial charge in [0.1, 0.15) is 0 Å². The first-order valence-corrected chi connectivity index (χ1v) is 8.65. The Balaban J connectivity index is 1.89. The van der Waals surface area contributed by atoms with E-state index < -0.39 is 0 Å². The van der Waals surface area contributed by atoms with Crippen LogP contribution in [0.25, 0.3) is 21.0 Å². The quantitative estimate of drug-likeness (QED) is 0.485. The van der Waals surface area contributed by atoms with Gasteiger partial charge in [-0.15, -0.1) is 0 Å². The molecule has 0 aliphatic heterocycles. The van der Waals surface area contributed by atoms with Crippen LogP contribution in [0.1, 0.15) is 10.4 Å². The molecule has 0 bridgehead atoms. The molecule has 0 N–H and O–H groups in total. The van der Waals surface area contributed by atoms with Crippen molar-refractivity contribution >= 4 is 49.8 Å². The van der Waals surface area contributed by atoms with E-state index in [1.165, 1.54) is 11.3 Å². The number of aromatic nitrogens is 1. The van der Waals surface area contributed by atoms with E-state index in [9.17, 15) is 4.79 Å². The van der Waals surface area contributed by atoms with Gasteiger partial charge in [-0.3, -0.25) is 4.79 Å². The molecule has 1 heterocycles. The van der Waals surface area contributed by atoms with E-state index in [4.69, 9.17) is 11.6 Å². The zero-order chi connectivity index (χ0) is 16.7. The van der Waals surface area contributed by atoms with Crippen LogP contribution in [0.5, 0.6) is 0 Å². The SMILES string of the molecule is Cn1c(=NC(=O)c2cccc3ccccc23)sc2cc(Cl)ccc21. The molecule has 1 amide bonds. The Kier molecular flexibility index (Phi) is 3.71. The zero-order valence-electron chi connectivity index (χ0n) is 12.9. The lowest BCUT2D eigenvalue weighted by atomic mass is 10.0. The highest BCUT2D eigenvalue weighted by molar-refractivity contribution is 7.16. The number of amides is 1. The highest BCUT2D eigenvalue weighted by Crippen LogP contribution is 2.22. The Hall–Kier alpha value is -2.43. The second-order valence-corrected chi connectivity index (χ2v) is 6.94. The number of fused-ring (bicyclic) bond motifs is 2. The largest absolute Gasteiger partial charge is 0.319 e.